The molecule has 0 radical (unpaired) electrons. The number of likely N-dealkylation sites (N-methyl/N-ethyl adjacent to an activating group) is 1. The number of primary amides is 1. The van der Waals surface area contributed by atoms with E-state index >= 15 is 0 Å². The van der Waals surface area contributed by atoms with Crippen molar-refractivity contribution in [2.75, 3.05) is 33.4 Å². The number of aromatic nitrogens is 1. The molecule has 8 heteroatoms. The topological polar surface area (TPSA) is 110 Å². The molecule has 0 unspecified atom stereocenters. The van der Waals surface area contributed by atoms with Gasteiger partial charge in [0, 0.05) is 24.2 Å². The van der Waals surface area contributed by atoms with E-state index in [1.807, 2.05) is 34.9 Å². The van der Waals surface area contributed by atoms with E-state index in [0.717, 1.165) is 10.9 Å². The third-order valence-electron chi connectivity index (χ3n) is 4.25. The zero-order valence-corrected chi connectivity index (χ0v) is 15.4. The quantitative estimate of drug-likeness (QED) is 0.594. The van der Waals surface area contributed by atoms with Gasteiger partial charge in [-0.25, -0.2) is 4.79 Å². The lowest BCUT2D eigenvalue weighted by atomic mass is 10.1. The number of carbonyl (C=O) groups is 2. The van der Waals surface area contributed by atoms with E-state index in [0.29, 0.717) is 23.4 Å². The molecule has 0 aliphatic carbocycles. The number of nitriles is 1. The highest BCUT2D eigenvalue weighted by Crippen LogP contribution is 2.30. The maximum Gasteiger partial charge on any atom is 0.341 e. The van der Waals surface area contributed by atoms with Crippen LogP contribution in [0, 0.1) is 11.3 Å². The third kappa shape index (κ3) is 4.05. The van der Waals surface area contributed by atoms with Crippen LogP contribution in [0.3, 0.4) is 0 Å². The van der Waals surface area contributed by atoms with Gasteiger partial charge < -0.3 is 19.6 Å². The minimum atomic E-state index is -0.447. The molecular weight excluding hydrogens is 360 g/mol. The Bertz CT molecular complexity index is 1070. The van der Waals surface area contributed by atoms with Crippen molar-refractivity contribution in [3.05, 3.63) is 48.2 Å². The fourth-order valence-electron chi connectivity index (χ4n) is 3.05. The molecule has 2 heterocycles. The summed E-state index contributed by atoms with van der Waals surface area (Å²) in [5.74, 6) is -0.338. The van der Waals surface area contributed by atoms with Crippen LogP contribution in [0.2, 0.25) is 0 Å². The molecule has 0 atom stereocenters. The molecule has 0 fully saturated rings. The van der Waals surface area contributed by atoms with Crippen LogP contribution in [0.4, 0.5) is 0 Å². The lowest BCUT2D eigenvalue weighted by Gasteiger charge is -2.14. The smallest absolute Gasteiger partial charge is 0.341 e. The summed E-state index contributed by atoms with van der Waals surface area (Å²) in [5.41, 5.74) is 7.10. The molecule has 0 saturated heterocycles. The first-order valence-corrected chi connectivity index (χ1v) is 8.68. The Kier molecular flexibility index (Phi) is 5.77. The van der Waals surface area contributed by atoms with Gasteiger partial charge >= 0.3 is 5.97 Å². The summed E-state index contributed by atoms with van der Waals surface area (Å²) in [6.45, 7) is 0.575. The lowest BCUT2D eigenvalue weighted by Crippen LogP contribution is -2.33. The number of esters is 1. The SMILES string of the molecule is CN(CCOC(=O)c1c2ccc(OCC#N)cc2n2ccccc12)CC(N)=O. The molecular formula is C20H20N4O4. The number of rotatable bonds is 8. The highest BCUT2D eigenvalue weighted by Gasteiger charge is 2.20. The van der Waals surface area contributed by atoms with Gasteiger partial charge in [-0.05, 0) is 31.3 Å². The Morgan fingerprint density at radius 2 is 2.07 bits per heavy atom. The van der Waals surface area contributed by atoms with Crippen molar-refractivity contribution in [1.29, 1.82) is 5.26 Å². The fraction of sp³-hybridized carbons (Fsp3) is 0.250. The monoisotopic (exact) mass is 380 g/mol. The van der Waals surface area contributed by atoms with E-state index in [1.165, 1.54) is 0 Å². The number of nitrogens with two attached hydrogens (primary N) is 1. The summed E-state index contributed by atoms with van der Waals surface area (Å²) in [5, 5.41) is 9.42. The van der Waals surface area contributed by atoms with Crippen molar-refractivity contribution in [2.24, 2.45) is 5.73 Å². The Labute approximate surface area is 161 Å². The maximum atomic E-state index is 12.8. The van der Waals surface area contributed by atoms with Crippen molar-refractivity contribution in [2.45, 2.75) is 0 Å². The average molecular weight is 380 g/mol. The first-order valence-electron chi connectivity index (χ1n) is 8.68. The molecule has 1 amide bonds. The van der Waals surface area contributed by atoms with Gasteiger partial charge in [-0.1, -0.05) is 6.07 Å². The molecule has 1 aromatic carbocycles. The predicted molar refractivity (Wildman–Crippen MR) is 103 cm³/mol. The Morgan fingerprint density at radius 3 is 2.82 bits per heavy atom. The molecule has 8 nitrogen and oxygen atoms in total. The number of hydrogen-bond donors (Lipinski definition) is 1. The van der Waals surface area contributed by atoms with Crippen LogP contribution in [0.5, 0.6) is 5.75 Å². The Morgan fingerprint density at radius 1 is 1.25 bits per heavy atom. The number of fused-ring (bicyclic) bond motifs is 3. The number of ether oxygens (including phenoxy) is 2. The van der Waals surface area contributed by atoms with Gasteiger partial charge in [0.2, 0.25) is 5.91 Å². The van der Waals surface area contributed by atoms with Crippen molar-refractivity contribution in [3.8, 4) is 11.8 Å². The van der Waals surface area contributed by atoms with E-state index in [4.69, 9.17) is 20.5 Å². The molecule has 0 spiro atoms. The molecule has 0 bridgehead atoms. The molecule has 0 aliphatic rings. The standard InChI is InChI=1S/C20H20N4O4/c1-23(13-18(22)25)9-11-28-20(26)19-15-6-5-14(27-10-7-21)12-17(15)24-8-3-2-4-16(19)24/h2-6,8,12H,9-11,13H2,1H3,(H2,22,25). The molecule has 2 aromatic heterocycles. The first-order chi connectivity index (χ1) is 13.5. The normalized spacial score (nSPS) is 10.9. The maximum absolute atomic E-state index is 12.8. The van der Waals surface area contributed by atoms with Crippen molar-refractivity contribution < 1.29 is 19.1 Å². The van der Waals surface area contributed by atoms with Crippen LogP contribution in [0.25, 0.3) is 16.4 Å². The summed E-state index contributed by atoms with van der Waals surface area (Å²) in [6, 6.07) is 12.8. The van der Waals surface area contributed by atoms with E-state index in [2.05, 4.69) is 0 Å². The zero-order valence-electron chi connectivity index (χ0n) is 15.4. The molecule has 3 aromatic rings. The third-order valence-corrected chi connectivity index (χ3v) is 4.25. The number of amides is 1. The lowest BCUT2D eigenvalue weighted by molar-refractivity contribution is -0.118. The molecule has 3 rings (SSSR count). The number of pyridine rings is 1. The van der Waals surface area contributed by atoms with Gasteiger partial charge in [0.05, 0.1) is 23.1 Å². The van der Waals surface area contributed by atoms with E-state index < -0.39 is 11.9 Å². The molecule has 28 heavy (non-hydrogen) atoms. The van der Waals surface area contributed by atoms with Gasteiger partial charge in [0.25, 0.3) is 0 Å². The number of nitrogens with zero attached hydrogens (tertiary/aromatic N) is 3. The summed E-state index contributed by atoms with van der Waals surface area (Å²) < 4.78 is 12.7. The van der Waals surface area contributed by atoms with Crippen LogP contribution in [-0.2, 0) is 9.53 Å². The Hall–Kier alpha value is -3.57. The van der Waals surface area contributed by atoms with Crippen molar-refractivity contribution >= 4 is 28.3 Å². The second-order valence-corrected chi connectivity index (χ2v) is 6.30. The van der Waals surface area contributed by atoms with Crippen LogP contribution in [0.1, 0.15) is 10.4 Å². The summed E-state index contributed by atoms with van der Waals surface area (Å²) in [6.07, 6.45) is 1.85. The summed E-state index contributed by atoms with van der Waals surface area (Å²) in [7, 11) is 1.73. The van der Waals surface area contributed by atoms with Gasteiger partial charge in [-0.3, -0.25) is 9.69 Å². The minimum absolute atomic E-state index is 0.0530. The van der Waals surface area contributed by atoms with Gasteiger partial charge in [-0.2, -0.15) is 5.26 Å². The number of hydrogen-bond acceptors (Lipinski definition) is 6. The van der Waals surface area contributed by atoms with E-state index in [1.54, 1.807) is 30.1 Å². The molecule has 2 N–H and O–H groups in total. The highest BCUT2D eigenvalue weighted by atomic mass is 16.5. The van der Waals surface area contributed by atoms with Crippen LogP contribution >= 0.6 is 0 Å². The highest BCUT2D eigenvalue weighted by molar-refractivity contribution is 6.11. The molecule has 0 saturated carbocycles. The predicted octanol–water partition coefficient (Wildman–Crippen LogP) is 1.57. The second-order valence-electron chi connectivity index (χ2n) is 6.30. The molecule has 144 valence electrons. The van der Waals surface area contributed by atoms with Crippen LogP contribution in [-0.4, -0.2) is 54.5 Å². The van der Waals surface area contributed by atoms with Crippen LogP contribution in [0.15, 0.2) is 42.6 Å². The first kappa shape index (κ1) is 19.2. The van der Waals surface area contributed by atoms with Gasteiger partial charge in [0.1, 0.15) is 18.4 Å². The summed E-state index contributed by atoms with van der Waals surface area (Å²) >= 11 is 0. The van der Waals surface area contributed by atoms with E-state index in [-0.39, 0.29) is 19.8 Å². The van der Waals surface area contributed by atoms with Gasteiger partial charge in [0.15, 0.2) is 6.61 Å². The Balaban J connectivity index is 1.88. The fourth-order valence-corrected chi connectivity index (χ4v) is 3.05. The average Bonchev–Trinajstić information content (AvgIpc) is 2.99. The number of benzene rings is 1. The van der Waals surface area contributed by atoms with Crippen molar-refractivity contribution in [1.82, 2.24) is 9.30 Å². The molecule has 0 aliphatic heterocycles. The summed E-state index contributed by atoms with van der Waals surface area (Å²) in [4.78, 5) is 25.4. The second kappa shape index (κ2) is 8.41. The van der Waals surface area contributed by atoms with E-state index in [9.17, 15) is 9.59 Å². The largest absolute Gasteiger partial charge is 0.479 e. The zero-order chi connectivity index (χ0) is 20.1. The van der Waals surface area contributed by atoms with Crippen molar-refractivity contribution in [3.63, 3.8) is 0 Å². The van der Waals surface area contributed by atoms with Crippen LogP contribution < -0.4 is 10.5 Å². The number of carbonyl (C=O) groups excluding carboxylic acids is 2. The minimum Gasteiger partial charge on any atom is -0.479 e. The van der Waals surface area contributed by atoms with Gasteiger partial charge in [-0.15, -0.1) is 0 Å².